The van der Waals surface area contributed by atoms with Crippen molar-refractivity contribution >= 4 is 33.8 Å². The van der Waals surface area contributed by atoms with Crippen molar-refractivity contribution in [2.45, 2.75) is 95.9 Å². The number of nitrogens with zero attached hydrogens (tertiary/aromatic N) is 2. The van der Waals surface area contributed by atoms with Crippen LogP contribution in [0.1, 0.15) is 95.3 Å². The number of hydrogen-bond donors (Lipinski definition) is 2. The Bertz CT molecular complexity index is 1060. The maximum absolute atomic E-state index is 12.4. The molecule has 1 unspecified atom stereocenters. The lowest BCUT2D eigenvalue weighted by Gasteiger charge is -2.37. The molecule has 1 aromatic carbocycles. The van der Waals surface area contributed by atoms with Crippen LogP contribution in [0.25, 0.3) is 0 Å². The molecule has 0 aromatic heterocycles. The monoisotopic (exact) mass is 551 g/mol. The van der Waals surface area contributed by atoms with E-state index in [2.05, 4.69) is 5.32 Å². The van der Waals surface area contributed by atoms with E-state index in [0.29, 0.717) is 19.5 Å². The highest BCUT2D eigenvalue weighted by Gasteiger charge is 2.43. The summed E-state index contributed by atoms with van der Waals surface area (Å²) in [4.78, 5) is 48.3. The van der Waals surface area contributed by atoms with Gasteiger partial charge >= 0.3 is 12.0 Å². The molecule has 1 aliphatic heterocycles. The molecular weight excluding hydrogens is 510 g/mol. The first kappa shape index (κ1) is 31.4. The molecule has 0 bridgehead atoms. The van der Waals surface area contributed by atoms with Gasteiger partial charge < -0.3 is 5.11 Å². The first-order chi connectivity index (χ1) is 18.1. The minimum absolute atomic E-state index is 0.0153. The van der Waals surface area contributed by atoms with E-state index in [-0.39, 0.29) is 22.4 Å². The zero-order valence-electron chi connectivity index (χ0n) is 22.6. The van der Waals surface area contributed by atoms with E-state index in [4.69, 9.17) is 5.11 Å². The minimum Gasteiger partial charge on any atom is -0.478 e. The van der Waals surface area contributed by atoms with Gasteiger partial charge in [0.1, 0.15) is 5.92 Å². The van der Waals surface area contributed by atoms with Crippen molar-refractivity contribution in [2.75, 3.05) is 13.1 Å². The summed E-state index contributed by atoms with van der Waals surface area (Å²) in [7, 11) is -3.53. The van der Waals surface area contributed by atoms with Crippen LogP contribution in [0, 0.1) is 5.92 Å². The van der Waals surface area contributed by atoms with Gasteiger partial charge in [-0.1, -0.05) is 52.9 Å². The molecule has 38 heavy (non-hydrogen) atoms. The molecule has 10 nitrogen and oxygen atoms in total. The number of carboxylic acids is 1. The molecule has 212 valence electrons. The van der Waals surface area contributed by atoms with Crippen molar-refractivity contribution in [3.05, 3.63) is 29.8 Å². The number of aromatic carboxylic acids is 1. The fraction of sp³-hybridized carbons (Fsp3) is 0.630. The van der Waals surface area contributed by atoms with Crippen molar-refractivity contribution in [1.82, 2.24) is 14.5 Å². The van der Waals surface area contributed by atoms with Crippen LogP contribution in [0.5, 0.6) is 0 Å². The van der Waals surface area contributed by atoms with E-state index in [0.717, 1.165) is 51.4 Å². The molecule has 2 N–H and O–H groups in total. The highest BCUT2D eigenvalue weighted by molar-refractivity contribution is 7.89. The second-order valence-corrected chi connectivity index (χ2v) is 11.7. The number of imide groups is 2. The third-order valence-corrected chi connectivity index (χ3v) is 8.69. The first-order valence-electron chi connectivity index (χ1n) is 13.6. The number of urea groups is 1. The number of unbranched alkanes of at least 4 members (excludes halogenated alkanes) is 1. The summed E-state index contributed by atoms with van der Waals surface area (Å²) >= 11 is 0. The molecule has 0 radical (unpaired) electrons. The number of carbonyl (C=O) groups excluding carboxylic acids is 3. The Morgan fingerprint density at radius 3 is 2.05 bits per heavy atom. The number of sulfonamides is 1. The van der Waals surface area contributed by atoms with Crippen molar-refractivity contribution in [1.29, 1.82) is 0 Å². The van der Waals surface area contributed by atoms with Gasteiger partial charge in [-0.05, 0) is 56.4 Å². The highest BCUT2D eigenvalue weighted by atomic mass is 32.2. The van der Waals surface area contributed by atoms with Crippen LogP contribution < -0.4 is 5.32 Å². The maximum Gasteiger partial charge on any atom is 0.335 e. The minimum atomic E-state index is -3.53. The number of barbiturate groups is 1. The Labute approximate surface area is 225 Å². The Balaban J connectivity index is 0.000000267. The fourth-order valence-corrected chi connectivity index (χ4v) is 6.37. The summed E-state index contributed by atoms with van der Waals surface area (Å²) in [6, 6.07) is 4.78. The molecule has 2 fully saturated rings. The van der Waals surface area contributed by atoms with Crippen LogP contribution >= 0.6 is 0 Å². The normalized spacial score (nSPS) is 18.7. The van der Waals surface area contributed by atoms with Gasteiger partial charge in [-0.2, -0.15) is 4.31 Å². The zero-order valence-corrected chi connectivity index (χ0v) is 23.5. The van der Waals surface area contributed by atoms with Gasteiger partial charge in [0, 0.05) is 19.1 Å². The van der Waals surface area contributed by atoms with Gasteiger partial charge in [0.15, 0.2) is 0 Å². The van der Waals surface area contributed by atoms with Crippen LogP contribution in [0.4, 0.5) is 4.79 Å². The quantitative estimate of drug-likeness (QED) is 0.388. The van der Waals surface area contributed by atoms with Crippen LogP contribution in [-0.2, 0) is 19.6 Å². The van der Waals surface area contributed by atoms with Gasteiger partial charge in [-0.15, -0.1) is 0 Å². The van der Waals surface area contributed by atoms with Gasteiger partial charge in [-0.25, -0.2) is 18.0 Å². The molecule has 3 rings (SSSR count). The Hall–Kier alpha value is -2.79. The van der Waals surface area contributed by atoms with E-state index in [9.17, 15) is 27.6 Å². The van der Waals surface area contributed by atoms with E-state index < -0.39 is 33.8 Å². The van der Waals surface area contributed by atoms with E-state index in [1.54, 1.807) is 0 Å². The maximum atomic E-state index is 12.4. The molecule has 1 aromatic rings. The van der Waals surface area contributed by atoms with Crippen molar-refractivity contribution in [2.24, 2.45) is 5.92 Å². The van der Waals surface area contributed by atoms with Crippen LogP contribution in [-0.4, -0.2) is 65.7 Å². The van der Waals surface area contributed by atoms with Gasteiger partial charge in [0.2, 0.25) is 21.8 Å². The van der Waals surface area contributed by atoms with Crippen LogP contribution in [0.15, 0.2) is 29.2 Å². The number of amides is 4. The largest absolute Gasteiger partial charge is 0.478 e. The van der Waals surface area contributed by atoms with Crippen molar-refractivity contribution in [3.63, 3.8) is 0 Å². The van der Waals surface area contributed by atoms with Crippen LogP contribution in [0.3, 0.4) is 0 Å². The molecule has 11 heteroatoms. The zero-order chi connectivity index (χ0) is 28.3. The van der Waals surface area contributed by atoms with E-state index in [1.165, 1.54) is 39.9 Å². The topological polar surface area (TPSA) is 141 Å². The van der Waals surface area contributed by atoms with Gasteiger partial charge in [0.05, 0.1) is 10.5 Å². The highest BCUT2D eigenvalue weighted by Crippen LogP contribution is 2.27. The molecule has 4 amide bonds. The summed E-state index contributed by atoms with van der Waals surface area (Å²) in [5.41, 5.74) is 0.0801. The van der Waals surface area contributed by atoms with Crippen LogP contribution in [0.2, 0.25) is 0 Å². The predicted molar refractivity (Wildman–Crippen MR) is 143 cm³/mol. The lowest BCUT2D eigenvalue weighted by Crippen LogP contribution is -2.61. The van der Waals surface area contributed by atoms with Crippen molar-refractivity contribution < 1.29 is 32.7 Å². The summed E-state index contributed by atoms with van der Waals surface area (Å²) in [5, 5.41) is 11.1. The molecule has 1 aliphatic carbocycles. The molecule has 1 saturated heterocycles. The lowest BCUT2D eigenvalue weighted by molar-refractivity contribution is -0.144. The number of carbonyl (C=O) groups is 4. The Kier molecular flexibility index (Phi) is 12.4. The summed E-state index contributed by atoms with van der Waals surface area (Å²) in [5.74, 6) is -2.44. The molecule has 1 atom stereocenters. The van der Waals surface area contributed by atoms with Gasteiger partial charge in [-0.3, -0.25) is 19.8 Å². The smallest absolute Gasteiger partial charge is 0.335 e. The third kappa shape index (κ3) is 8.10. The number of benzene rings is 1. The lowest BCUT2D eigenvalue weighted by atomic mass is 9.91. The molecule has 0 spiro atoms. The molecule has 2 aliphatic rings. The van der Waals surface area contributed by atoms with Crippen molar-refractivity contribution in [3.8, 4) is 0 Å². The first-order valence-corrected chi connectivity index (χ1v) is 15.0. The Morgan fingerprint density at radius 2 is 1.55 bits per heavy atom. The fourth-order valence-electron chi connectivity index (χ4n) is 4.75. The summed E-state index contributed by atoms with van der Waals surface area (Å²) in [6.45, 7) is 6.81. The predicted octanol–water partition coefficient (Wildman–Crippen LogP) is 4.40. The standard InChI is InChI=1S/C14H22N2O3.C13H19NO4S/c1-2-3-9-11-12(17)15-14(19)16(13(11)18)10-7-5-4-6-8-10;1-3-9-14(10-4-2)19(17,18)12-7-5-11(6-8-12)13(15)16/h10-11H,2-9H2,1H3,(H,15,17,19);5-8H,3-4,9-10H2,1-2H3,(H,15,16). The molecular formula is C27H41N3O7S. The molecule has 1 saturated carbocycles. The molecule has 1 heterocycles. The second-order valence-electron chi connectivity index (χ2n) is 9.72. The average molecular weight is 552 g/mol. The SMILES string of the molecule is CCCCC1C(=O)NC(=O)N(C2CCCCC2)C1=O.CCCN(CCC)S(=O)(=O)c1ccc(C(=O)O)cc1. The van der Waals surface area contributed by atoms with E-state index in [1.807, 2.05) is 20.8 Å². The average Bonchev–Trinajstić information content (AvgIpc) is 2.89. The number of rotatable bonds is 11. The number of carboxylic acid groups (broad SMARTS) is 1. The summed E-state index contributed by atoms with van der Waals surface area (Å²) < 4.78 is 26.2. The summed E-state index contributed by atoms with van der Waals surface area (Å²) in [6.07, 6.45) is 8.80. The van der Waals surface area contributed by atoms with E-state index >= 15 is 0 Å². The second kappa shape index (κ2) is 15.0. The number of hydrogen-bond acceptors (Lipinski definition) is 6. The number of nitrogens with one attached hydrogen (secondary N) is 1. The van der Waals surface area contributed by atoms with Gasteiger partial charge in [0.25, 0.3) is 0 Å². The third-order valence-electron chi connectivity index (χ3n) is 6.77. The Morgan fingerprint density at radius 1 is 0.974 bits per heavy atom.